The van der Waals surface area contributed by atoms with E-state index in [-0.39, 0.29) is 11.4 Å². The van der Waals surface area contributed by atoms with Gasteiger partial charge in [0.15, 0.2) is 0 Å². The number of carbonyl (C=O) groups is 1. The molecule has 0 aliphatic heterocycles. The molecule has 6 heteroatoms. The zero-order valence-electron chi connectivity index (χ0n) is 6.70. The minimum absolute atomic E-state index is 0.0722. The number of aromatic carboxylic acids is 1. The molecular formula is C7H6N2O4. The number of aryl methyl sites for hydroxylation is 1. The van der Waals surface area contributed by atoms with Gasteiger partial charge < -0.3 is 10.1 Å². The van der Waals surface area contributed by atoms with Gasteiger partial charge in [0.1, 0.15) is 11.3 Å². The van der Waals surface area contributed by atoms with Gasteiger partial charge in [-0.25, -0.2) is 4.79 Å². The Morgan fingerprint density at radius 2 is 2.23 bits per heavy atom. The molecule has 0 aliphatic rings. The highest BCUT2D eigenvalue weighted by Gasteiger charge is 2.11. The Labute approximate surface area is 72.2 Å². The largest absolute Gasteiger partial charge is 0.477 e. The maximum absolute atomic E-state index is 11.0. The standard InChI is InChI=1S/C7H6N2O4/c1-3-5(9-13)2-4(7(11)12)6(10)8-3/h2H,1H3,(H,8,10)(H,11,12). The lowest BCUT2D eigenvalue weighted by Gasteiger charge is -1.97. The van der Waals surface area contributed by atoms with Crippen molar-refractivity contribution in [1.29, 1.82) is 0 Å². The van der Waals surface area contributed by atoms with Crippen molar-refractivity contribution in [3.63, 3.8) is 0 Å². The Morgan fingerprint density at radius 3 is 2.69 bits per heavy atom. The molecule has 0 bridgehead atoms. The maximum Gasteiger partial charge on any atom is 0.341 e. The summed E-state index contributed by atoms with van der Waals surface area (Å²) in [5.41, 5.74) is -1.04. The van der Waals surface area contributed by atoms with Gasteiger partial charge in [-0.05, 0) is 18.2 Å². The van der Waals surface area contributed by atoms with Gasteiger partial charge in [0.2, 0.25) is 0 Å². The first-order valence-electron chi connectivity index (χ1n) is 3.37. The van der Waals surface area contributed by atoms with Crippen LogP contribution in [0.1, 0.15) is 16.1 Å². The molecule has 68 valence electrons. The highest BCUT2D eigenvalue weighted by atomic mass is 16.4. The van der Waals surface area contributed by atoms with Crippen molar-refractivity contribution >= 4 is 11.7 Å². The van der Waals surface area contributed by atoms with Crippen molar-refractivity contribution in [2.75, 3.05) is 0 Å². The van der Waals surface area contributed by atoms with E-state index in [1.807, 2.05) is 0 Å². The first-order valence-corrected chi connectivity index (χ1v) is 3.37. The third-order valence-corrected chi connectivity index (χ3v) is 1.54. The second-order valence-electron chi connectivity index (χ2n) is 2.42. The van der Waals surface area contributed by atoms with E-state index < -0.39 is 17.1 Å². The lowest BCUT2D eigenvalue weighted by Crippen LogP contribution is -2.17. The fourth-order valence-electron chi connectivity index (χ4n) is 0.866. The van der Waals surface area contributed by atoms with Crippen molar-refractivity contribution in [2.24, 2.45) is 5.18 Å². The molecular weight excluding hydrogens is 176 g/mol. The topological polar surface area (TPSA) is 99.6 Å². The second kappa shape index (κ2) is 3.18. The van der Waals surface area contributed by atoms with Crippen LogP contribution in [0.25, 0.3) is 0 Å². The zero-order chi connectivity index (χ0) is 10.0. The quantitative estimate of drug-likeness (QED) is 0.660. The molecule has 1 rings (SSSR count). The predicted octanol–water partition coefficient (Wildman–Crippen LogP) is 0.779. The number of nitroso groups, excluding NO2 is 1. The van der Waals surface area contributed by atoms with E-state index in [1.165, 1.54) is 6.92 Å². The minimum Gasteiger partial charge on any atom is -0.477 e. The summed E-state index contributed by atoms with van der Waals surface area (Å²) < 4.78 is 0. The van der Waals surface area contributed by atoms with Gasteiger partial charge in [-0.1, -0.05) is 0 Å². The summed E-state index contributed by atoms with van der Waals surface area (Å²) in [6.07, 6.45) is 0. The monoisotopic (exact) mass is 182 g/mol. The van der Waals surface area contributed by atoms with E-state index in [0.717, 1.165) is 6.07 Å². The Hall–Kier alpha value is -1.98. The summed E-state index contributed by atoms with van der Waals surface area (Å²) in [5, 5.41) is 11.1. The molecule has 0 spiro atoms. The molecule has 0 fully saturated rings. The summed E-state index contributed by atoms with van der Waals surface area (Å²) in [6.45, 7) is 1.46. The van der Waals surface area contributed by atoms with Gasteiger partial charge in [0, 0.05) is 5.69 Å². The summed E-state index contributed by atoms with van der Waals surface area (Å²) >= 11 is 0. The summed E-state index contributed by atoms with van der Waals surface area (Å²) in [4.78, 5) is 33.8. The van der Waals surface area contributed by atoms with Crippen LogP contribution in [0.4, 0.5) is 5.69 Å². The average molecular weight is 182 g/mol. The van der Waals surface area contributed by atoms with Gasteiger partial charge in [-0.3, -0.25) is 4.79 Å². The van der Waals surface area contributed by atoms with Gasteiger partial charge in [-0.2, -0.15) is 0 Å². The number of nitrogens with one attached hydrogen (secondary N) is 1. The number of H-pyrrole nitrogens is 1. The minimum atomic E-state index is -1.38. The van der Waals surface area contributed by atoms with Crippen molar-refractivity contribution in [2.45, 2.75) is 6.92 Å². The SMILES string of the molecule is Cc1[nH]c(=O)c(C(=O)O)cc1N=O. The molecule has 0 saturated heterocycles. The lowest BCUT2D eigenvalue weighted by molar-refractivity contribution is 0.0695. The molecule has 0 unspecified atom stereocenters. The Morgan fingerprint density at radius 1 is 1.62 bits per heavy atom. The van der Waals surface area contributed by atoms with Crippen LogP contribution < -0.4 is 5.56 Å². The van der Waals surface area contributed by atoms with Gasteiger partial charge >= 0.3 is 5.97 Å². The van der Waals surface area contributed by atoms with E-state index in [9.17, 15) is 14.5 Å². The van der Waals surface area contributed by atoms with Crippen molar-refractivity contribution in [1.82, 2.24) is 4.98 Å². The van der Waals surface area contributed by atoms with Crippen LogP contribution >= 0.6 is 0 Å². The first-order chi connectivity index (χ1) is 6.06. The number of aromatic nitrogens is 1. The third kappa shape index (κ3) is 1.61. The normalized spacial score (nSPS) is 9.62. The van der Waals surface area contributed by atoms with Crippen molar-refractivity contribution in [3.8, 4) is 0 Å². The van der Waals surface area contributed by atoms with Gasteiger partial charge in [0.05, 0.1) is 0 Å². The zero-order valence-corrected chi connectivity index (χ0v) is 6.70. The number of aromatic amines is 1. The fourth-order valence-corrected chi connectivity index (χ4v) is 0.866. The number of nitrogens with zero attached hydrogens (tertiary/aromatic N) is 1. The third-order valence-electron chi connectivity index (χ3n) is 1.54. The fraction of sp³-hybridized carbons (Fsp3) is 0.143. The molecule has 1 aromatic rings. The lowest BCUT2D eigenvalue weighted by atomic mass is 10.2. The average Bonchev–Trinajstić information content (AvgIpc) is 2.03. The smallest absolute Gasteiger partial charge is 0.341 e. The van der Waals surface area contributed by atoms with Crippen molar-refractivity contribution < 1.29 is 9.90 Å². The molecule has 1 aromatic heterocycles. The van der Waals surface area contributed by atoms with Crippen LogP contribution in [0, 0.1) is 11.8 Å². The number of carboxylic acid groups (broad SMARTS) is 1. The predicted molar refractivity (Wildman–Crippen MR) is 44.2 cm³/mol. The van der Waals surface area contributed by atoms with Crippen LogP contribution in [-0.4, -0.2) is 16.1 Å². The highest BCUT2D eigenvalue weighted by molar-refractivity contribution is 5.88. The number of hydrogen-bond acceptors (Lipinski definition) is 4. The summed E-state index contributed by atoms with van der Waals surface area (Å²) in [7, 11) is 0. The molecule has 6 nitrogen and oxygen atoms in total. The Kier molecular flexibility index (Phi) is 2.23. The Bertz CT molecular complexity index is 421. The molecule has 0 atom stereocenters. The molecule has 13 heavy (non-hydrogen) atoms. The molecule has 0 saturated carbocycles. The molecule has 0 aromatic carbocycles. The maximum atomic E-state index is 11.0. The van der Waals surface area contributed by atoms with E-state index in [1.54, 1.807) is 0 Å². The van der Waals surface area contributed by atoms with Crippen LogP contribution in [0.15, 0.2) is 16.0 Å². The molecule has 0 radical (unpaired) electrons. The summed E-state index contributed by atoms with van der Waals surface area (Å²) in [6, 6.07) is 0.948. The first kappa shape index (κ1) is 9.11. The highest BCUT2D eigenvalue weighted by Crippen LogP contribution is 2.14. The van der Waals surface area contributed by atoms with Crippen LogP contribution in [0.3, 0.4) is 0 Å². The number of carboxylic acids is 1. The van der Waals surface area contributed by atoms with Gasteiger partial charge in [0.25, 0.3) is 5.56 Å². The second-order valence-corrected chi connectivity index (χ2v) is 2.42. The molecule has 1 heterocycles. The Balaban J connectivity index is 3.48. The van der Waals surface area contributed by atoms with Crippen LogP contribution in [0.2, 0.25) is 0 Å². The molecule has 0 amide bonds. The van der Waals surface area contributed by atoms with E-state index in [4.69, 9.17) is 5.11 Å². The number of pyridine rings is 1. The van der Waals surface area contributed by atoms with E-state index >= 15 is 0 Å². The number of hydrogen-bond donors (Lipinski definition) is 2. The van der Waals surface area contributed by atoms with E-state index in [0.29, 0.717) is 0 Å². The molecule has 0 aliphatic carbocycles. The summed E-state index contributed by atoms with van der Waals surface area (Å²) in [5.74, 6) is -1.38. The van der Waals surface area contributed by atoms with E-state index in [2.05, 4.69) is 10.2 Å². The molecule has 2 N–H and O–H groups in total. The van der Waals surface area contributed by atoms with Crippen LogP contribution in [0.5, 0.6) is 0 Å². The number of rotatable bonds is 2. The van der Waals surface area contributed by atoms with Crippen molar-refractivity contribution in [3.05, 3.63) is 32.6 Å². The van der Waals surface area contributed by atoms with Gasteiger partial charge in [-0.15, -0.1) is 4.91 Å². The van der Waals surface area contributed by atoms with Crippen LogP contribution in [-0.2, 0) is 0 Å².